The van der Waals surface area contributed by atoms with Gasteiger partial charge in [-0.2, -0.15) is 5.26 Å². The minimum atomic E-state index is -0.336. The number of benzene rings is 2. The molecule has 0 bridgehead atoms. The summed E-state index contributed by atoms with van der Waals surface area (Å²) in [5, 5.41) is 17.9. The lowest BCUT2D eigenvalue weighted by molar-refractivity contribution is -0.272. The van der Waals surface area contributed by atoms with E-state index in [1.807, 2.05) is 24.4 Å². The largest absolute Gasteiger partial charge is 0.487 e. The monoisotopic (exact) mass is 578 g/mol. The van der Waals surface area contributed by atoms with Crippen LogP contribution >= 0.6 is 0 Å². The van der Waals surface area contributed by atoms with Crippen molar-refractivity contribution in [1.29, 1.82) is 5.26 Å². The van der Waals surface area contributed by atoms with Gasteiger partial charge in [-0.25, -0.2) is 4.68 Å². The van der Waals surface area contributed by atoms with E-state index in [2.05, 4.69) is 55.4 Å². The number of aromatic nitrogens is 3. The molecule has 2 aromatic carbocycles. The molecule has 3 aliphatic carbocycles. The van der Waals surface area contributed by atoms with Crippen LogP contribution in [0.5, 0.6) is 5.75 Å². The van der Waals surface area contributed by atoms with Crippen LogP contribution in [0.15, 0.2) is 48.7 Å². The molecule has 0 radical (unpaired) electrons. The van der Waals surface area contributed by atoms with Crippen LogP contribution in [0.4, 0.5) is 0 Å². The van der Waals surface area contributed by atoms with Crippen LogP contribution in [0.2, 0.25) is 0 Å². The predicted octanol–water partition coefficient (Wildman–Crippen LogP) is 6.98. The Bertz CT molecular complexity index is 1570. The fourth-order valence-corrected chi connectivity index (χ4v) is 10.1. The molecule has 9 atom stereocenters. The number of ether oxygens (including phenoxy) is 3. The molecule has 7 nitrogen and oxygen atoms in total. The van der Waals surface area contributed by atoms with Gasteiger partial charge in [-0.3, -0.25) is 0 Å². The molecular formula is C36H42N4O3. The van der Waals surface area contributed by atoms with Crippen LogP contribution in [0, 0.1) is 46.3 Å². The summed E-state index contributed by atoms with van der Waals surface area (Å²) < 4.78 is 21.3. The first-order valence-corrected chi connectivity index (χ1v) is 16.4. The van der Waals surface area contributed by atoms with Gasteiger partial charge in [-0.1, -0.05) is 44.2 Å². The molecule has 2 saturated heterocycles. The van der Waals surface area contributed by atoms with E-state index in [1.165, 1.54) is 43.2 Å². The zero-order chi connectivity index (χ0) is 29.3. The highest BCUT2D eigenvalue weighted by Crippen LogP contribution is 2.69. The van der Waals surface area contributed by atoms with Crippen molar-refractivity contribution in [2.45, 2.75) is 90.1 Å². The van der Waals surface area contributed by atoms with Crippen molar-refractivity contribution in [1.82, 2.24) is 15.0 Å². The Labute approximate surface area is 254 Å². The Morgan fingerprint density at radius 3 is 2.84 bits per heavy atom. The first-order chi connectivity index (χ1) is 20.9. The topological polar surface area (TPSA) is 82.2 Å². The Kier molecular flexibility index (Phi) is 6.47. The quantitative estimate of drug-likeness (QED) is 0.332. The van der Waals surface area contributed by atoms with E-state index < -0.39 is 0 Å². The highest BCUT2D eigenvalue weighted by molar-refractivity contribution is 5.48. The second kappa shape index (κ2) is 10.2. The third-order valence-corrected chi connectivity index (χ3v) is 12.2. The number of nitrogens with zero attached hydrogens (tertiary/aromatic N) is 4. The van der Waals surface area contributed by atoms with E-state index in [1.54, 1.807) is 10.7 Å². The maximum Gasteiger partial charge on any atom is 0.171 e. The Balaban J connectivity index is 0.955. The molecule has 5 aliphatic rings. The van der Waals surface area contributed by atoms with Crippen molar-refractivity contribution in [2.24, 2.45) is 35.0 Å². The number of nitriles is 1. The fourth-order valence-electron chi connectivity index (χ4n) is 10.1. The van der Waals surface area contributed by atoms with Crippen molar-refractivity contribution in [3.05, 3.63) is 71.0 Å². The normalized spacial score (nSPS) is 37.7. The number of para-hydroxylation sites is 1. The molecule has 4 fully saturated rings. The fraction of sp³-hybridized carbons (Fsp3) is 0.583. The molecule has 3 aromatic rings. The van der Waals surface area contributed by atoms with Crippen LogP contribution in [0.1, 0.15) is 87.6 Å². The van der Waals surface area contributed by atoms with E-state index in [0.29, 0.717) is 47.4 Å². The molecule has 3 heterocycles. The van der Waals surface area contributed by atoms with E-state index in [4.69, 9.17) is 14.2 Å². The predicted molar refractivity (Wildman–Crippen MR) is 161 cm³/mol. The van der Waals surface area contributed by atoms with Crippen LogP contribution in [-0.2, 0) is 22.5 Å². The Morgan fingerprint density at radius 1 is 1.12 bits per heavy atom. The maximum absolute atomic E-state index is 9.42. The summed E-state index contributed by atoms with van der Waals surface area (Å²) in [5.41, 5.74) is 5.34. The summed E-state index contributed by atoms with van der Waals surface area (Å²) >= 11 is 0. The third-order valence-electron chi connectivity index (χ3n) is 12.2. The Hall–Kier alpha value is -3.21. The van der Waals surface area contributed by atoms with Crippen molar-refractivity contribution >= 4 is 0 Å². The maximum atomic E-state index is 9.42. The molecule has 2 saturated carbocycles. The summed E-state index contributed by atoms with van der Waals surface area (Å²) in [5.74, 6) is 4.35. The van der Waals surface area contributed by atoms with Crippen molar-refractivity contribution in [3.8, 4) is 17.5 Å². The van der Waals surface area contributed by atoms with Gasteiger partial charge >= 0.3 is 0 Å². The van der Waals surface area contributed by atoms with Gasteiger partial charge in [0.2, 0.25) is 0 Å². The van der Waals surface area contributed by atoms with Crippen molar-refractivity contribution in [3.63, 3.8) is 0 Å². The molecule has 7 heteroatoms. The molecule has 0 amide bonds. The van der Waals surface area contributed by atoms with Gasteiger partial charge in [0.05, 0.1) is 30.2 Å². The van der Waals surface area contributed by atoms with Crippen LogP contribution in [0.3, 0.4) is 0 Å². The van der Waals surface area contributed by atoms with Gasteiger partial charge in [0.25, 0.3) is 0 Å². The second-order valence-electron chi connectivity index (χ2n) is 14.4. The van der Waals surface area contributed by atoms with E-state index in [0.717, 1.165) is 48.4 Å². The van der Waals surface area contributed by atoms with Gasteiger partial charge in [0, 0.05) is 12.3 Å². The highest BCUT2D eigenvalue weighted by Gasteiger charge is 2.67. The molecule has 1 aromatic heterocycles. The van der Waals surface area contributed by atoms with Gasteiger partial charge in [0.1, 0.15) is 24.1 Å². The number of hydrogen-bond acceptors (Lipinski definition) is 6. The minimum absolute atomic E-state index is 0.336. The van der Waals surface area contributed by atoms with Crippen LogP contribution < -0.4 is 4.74 Å². The number of aryl methyl sites for hydroxylation is 1. The smallest absolute Gasteiger partial charge is 0.171 e. The summed E-state index contributed by atoms with van der Waals surface area (Å²) in [6, 6.07) is 16.4. The zero-order valence-corrected chi connectivity index (χ0v) is 25.5. The minimum Gasteiger partial charge on any atom is -0.487 e. The molecule has 2 aliphatic heterocycles. The standard InChI is InChI=1S/C36H42N4O3/c1-22-12-15-36(42-20-22)23(2)34-33(43-36)17-31-30-10-8-24-16-27(9-11-28(24)29(30)13-14-35(31,34)3)41-21-26-19-40(39-38-26)32-7-5-4-6-25(32)18-37/h4-7,9,11,16,19,22-23,29-31,33-34H,8,10,12-15,17,20-21H2,1-3H3/t22-,23+,29-,30-,31+,33+,34+,35+,36-/m1/s1. The van der Waals surface area contributed by atoms with Crippen LogP contribution in [0.25, 0.3) is 5.69 Å². The highest BCUT2D eigenvalue weighted by atomic mass is 16.7. The number of fused-ring (bicyclic) bond motifs is 7. The third kappa shape index (κ3) is 4.28. The summed E-state index contributed by atoms with van der Waals surface area (Å²) in [6.07, 6.45) is 10.6. The second-order valence-corrected chi connectivity index (χ2v) is 14.4. The summed E-state index contributed by atoms with van der Waals surface area (Å²) in [4.78, 5) is 0. The first-order valence-electron chi connectivity index (χ1n) is 16.4. The average molecular weight is 579 g/mol. The molecule has 0 unspecified atom stereocenters. The van der Waals surface area contributed by atoms with E-state index >= 15 is 0 Å². The molecule has 0 N–H and O–H groups in total. The van der Waals surface area contributed by atoms with E-state index in [9.17, 15) is 5.26 Å². The van der Waals surface area contributed by atoms with Gasteiger partial charge < -0.3 is 14.2 Å². The summed E-state index contributed by atoms with van der Waals surface area (Å²) in [7, 11) is 0. The first kappa shape index (κ1) is 27.3. The summed E-state index contributed by atoms with van der Waals surface area (Å²) in [6.45, 7) is 8.51. The van der Waals surface area contributed by atoms with Crippen molar-refractivity contribution in [2.75, 3.05) is 6.61 Å². The molecule has 1 spiro atoms. The van der Waals surface area contributed by atoms with Gasteiger partial charge in [0.15, 0.2) is 5.79 Å². The lowest BCUT2D eigenvalue weighted by Gasteiger charge is -2.52. The Morgan fingerprint density at radius 2 is 2.00 bits per heavy atom. The average Bonchev–Trinajstić information content (AvgIpc) is 3.69. The number of hydrogen-bond donors (Lipinski definition) is 0. The molecule has 8 rings (SSSR count). The number of rotatable bonds is 4. The zero-order valence-electron chi connectivity index (χ0n) is 25.5. The molecular weight excluding hydrogens is 536 g/mol. The molecule has 43 heavy (non-hydrogen) atoms. The SMILES string of the molecule is C[C@@H]1CC[C@@]2(OC1)O[C@H]1C[C@H]3[C@@H]4CCc5cc(OCc6cn(-c7ccccc7C#N)nn6)ccc5[C@H]4CC[C@]3(C)[C@H]1[C@@H]2C. The lowest BCUT2D eigenvalue weighted by Crippen LogP contribution is -2.48. The van der Waals surface area contributed by atoms with Gasteiger partial charge in [-0.05, 0) is 109 Å². The van der Waals surface area contributed by atoms with Crippen LogP contribution in [-0.4, -0.2) is 33.5 Å². The van der Waals surface area contributed by atoms with Gasteiger partial charge in [-0.15, -0.1) is 5.10 Å². The van der Waals surface area contributed by atoms with Crippen molar-refractivity contribution < 1.29 is 14.2 Å². The molecule has 224 valence electrons. The lowest BCUT2D eigenvalue weighted by atomic mass is 9.53. The van der Waals surface area contributed by atoms with E-state index in [-0.39, 0.29) is 5.79 Å².